The van der Waals surface area contributed by atoms with Crippen LogP contribution < -0.4 is 5.32 Å². The first-order valence-corrected chi connectivity index (χ1v) is 4.03. The van der Waals surface area contributed by atoms with Gasteiger partial charge in [0.15, 0.2) is 0 Å². The third-order valence-electron chi connectivity index (χ3n) is 1.54. The van der Waals surface area contributed by atoms with Crippen molar-refractivity contribution < 1.29 is 9.18 Å². The lowest BCUT2D eigenvalue weighted by Gasteiger charge is -2.00. The van der Waals surface area contributed by atoms with Crippen LogP contribution in [0.4, 0.5) is 4.39 Å². The largest absolute Gasteiger partial charge is 0.356 e. The molecule has 1 N–H and O–H groups in total. The second-order valence-electron chi connectivity index (χ2n) is 2.70. The maximum Gasteiger partial charge on any atom is 0.216 e. The minimum Gasteiger partial charge on any atom is -0.356 e. The third-order valence-corrected chi connectivity index (χ3v) is 1.54. The summed E-state index contributed by atoms with van der Waals surface area (Å²) in [7, 11) is 0. The van der Waals surface area contributed by atoms with E-state index >= 15 is 0 Å². The van der Waals surface area contributed by atoms with Crippen molar-refractivity contribution in [1.29, 1.82) is 0 Å². The van der Waals surface area contributed by atoms with Crippen molar-refractivity contribution in [2.24, 2.45) is 0 Å². The van der Waals surface area contributed by atoms with Crippen LogP contribution in [0.1, 0.15) is 12.6 Å². The molecule has 0 aliphatic heterocycles. The molecule has 13 heavy (non-hydrogen) atoms. The smallest absolute Gasteiger partial charge is 0.216 e. The Kier molecular flexibility index (Phi) is 3.37. The van der Waals surface area contributed by atoms with E-state index in [-0.39, 0.29) is 11.7 Å². The zero-order valence-corrected chi connectivity index (χ0v) is 7.38. The summed E-state index contributed by atoms with van der Waals surface area (Å²) in [6, 6.07) is 2.97. The molecule has 1 aromatic rings. The van der Waals surface area contributed by atoms with Gasteiger partial charge in [0.1, 0.15) is 5.82 Å². The van der Waals surface area contributed by atoms with Crippen molar-refractivity contribution in [3.05, 3.63) is 29.8 Å². The monoisotopic (exact) mass is 182 g/mol. The molecule has 1 aromatic heterocycles. The van der Waals surface area contributed by atoms with Gasteiger partial charge in [0.2, 0.25) is 5.91 Å². The maximum atomic E-state index is 12.4. The predicted octanol–water partition coefficient (Wildman–Crippen LogP) is 0.899. The van der Waals surface area contributed by atoms with Gasteiger partial charge < -0.3 is 5.32 Å². The Balaban J connectivity index is 2.37. The molecular formula is C9H11FN2O. The van der Waals surface area contributed by atoms with E-state index in [1.165, 1.54) is 19.2 Å². The van der Waals surface area contributed by atoms with Gasteiger partial charge >= 0.3 is 0 Å². The zero-order chi connectivity index (χ0) is 9.68. The Morgan fingerprint density at radius 1 is 1.62 bits per heavy atom. The summed E-state index contributed by atoms with van der Waals surface area (Å²) in [5, 5.41) is 2.64. The van der Waals surface area contributed by atoms with Crippen molar-refractivity contribution in [3.8, 4) is 0 Å². The molecule has 0 aromatic carbocycles. The number of hydrogen-bond donors (Lipinski definition) is 1. The predicted molar refractivity (Wildman–Crippen MR) is 46.6 cm³/mol. The van der Waals surface area contributed by atoms with Crippen LogP contribution in [0.15, 0.2) is 18.3 Å². The molecule has 0 fully saturated rings. The summed E-state index contributed by atoms with van der Waals surface area (Å²) in [6.07, 6.45) is 1.79. The Bertz CT molecular complexity index is 284. The van der Waals surface area contributed by atoms with Gasteiger partial charge in [0.05, 0.1) is 6.20 Å². The molecule has 1 rings (SSSR count). The van der Waals surface area contributed by atoms with Gasteiger partial charge in [-0.15, -0.1) is 0 Å². The van der Waals surface area contributed by atoms with Crippen LogP contribution in [0.2, 0.25) is 0 Å². The van der Waals surface area contributed by atoms with Gasteiger partial charge in [0, 0.05) is 25.6 Å². The third kappa shape index (κ3) is 3.64. The highest BCUT2D eigenvalue weighted by Crippen LogP contribution is 1.97. The minimum absolute atomic E-state index is 0.0675. The van der Waals surface area contributed by atoms with Crippen LogP contribution in [-0.4, -0.2) is 17.4 Å². The first-order chi connectivity index (χ1) is 6.18. The molecule has 0 spiro atoms. The van der Waals surface area contributed by atoms with Gasteiger partial charge in [-0.05, 0) is 12.1 Å². The molecule has 0 saturated heterocycles. The molecule has 0 unspecified atom stereocenters. The van der Waals surface area contributed by atoms with Gasteiger partial charge in [-0.3, -0.25) is 9.78 Å². The van der Waals surface area contributed by atoms with E-state index in [2.05, 4.69) is 10.3 Å². The molecule has 0 atom stereocenters. The number of rotatable bonds is 3. The second kappa shape index (κ2) is 4.54. The number of aromatic nitrogens is 1. The van der Waals surface area contributed by atoms with Gasteiger partial charge in [0.25, 0.3) is 0 Å². The molecular weight excluding hydrogens is 171 g/mol. The highest BCUT2D eigenvalue weighted by atomic mass is 19.1. The van der Waals surface area contributed by atoms with Gasteiger partial charge in [-0.25, -0.2) is 4.39 Å². The average Bonchev–Trinajstić information content (AvgIpc) is 2.08. The fraction of sp³-hybridized carbons (Fsp3) is 0.333. The number of pyridine rings is 1. The lowest BCUT2D eigenvalue weighted by atomic mass is 10.3. The van der Waals surface area contributed by atoms with Crippen LogP contribution in [0.3, 0.4) is 0 Å². The van der Waals surface area contributed by atoms with Crippen molar-refractivity contribution >= 4 is 5.91 Å². The number of nitrogens with zero attached hydrogens (tertiary/aromatic N) is 1. The highest BCUT2D eigenvalue weighted by Gasteiger charge is 1.96. The van der Waals surface area contributed by atoms with E-state index in [9.17, 15) is 9.18 Å². The molecule has 3 nitrogen and oxygen atoms in total. The fourth-order valence-electron chi connectivity index (χ4n) is 0.921. The quantitative estimate of drug-likeness (QED) is 0.754. The number of amides is 1. The highest BCUT2D eigenvalue weighted by molar-refractivity contribution is 5.72. The van der Waals surface area contributed by atoms with E-state index in [0.29, 0.717) is 13.0 Å². The first kappa shape index (κ1) is 9.64. The normalized spacial score (nSPS) is 9.69. The number of carbonyl (C=O) groups excluding carboxylic acids is 1. The first-order valence-electron chi connectivity index (χ1n) is 4.03. The van der Waals surface area contributed by atoms with E-state index in [4.69, 9.17) is 0 Å². The number of carbonyl (C=O) groups is 1. The van der Waals surface area contributed by atoms with Gasteiger partial charge in [-0.2, -0.15) is 0 Å². The van der Waals surface area contributed by atoms with E-state index < -0.39 is 0 Å². The number of hydrogen-bond acceptors (Lipinski definition) is 2. The molecule has 4 heteroatoms. The maximum absolute atomic E-state index is 12.4. The topological polar surface area (TPSA) is 42.0 Å². The molecule has 0 radical (unpaired) electrons. The van der Waals surface area contributed by atoms with Gasteiger partial charge in [-0.1, -0.05) is 0 Å². The Morgan fingerprint density at radius 2 is 2.38 bits per heavy atom. The molecule has 70 valence electrons. The molecule has 0 aliphatic rings. The molecule has 0 aliphatic carbocycles. The van der Waals surface area contributed by atoms with Crippen LogP contribution in [0.5, 0.6) is 0 Å². The SMILES string of the molecule is CC(=O)NCCc1ccc(F)cn1. The zero-order valence-electron chi connectivity index (χ0n) is 7.38. The second-order valence-corrected chi connectivity index (χ2v) is 2.70. The Labute approximate surface area is 76.0 Å². The molecule has 0 bridgehead atoms. The van der Waals surface area contributed by atoms with Crippen molar-refractivity contribution in [2.45, 2.75) is 13.3 Å². The van der Waals surface area contributed by atoms with Crippen LogP contribution in [0.25, 0.3) is 0 Å². The van der Waals surface area contributed by atoms with E-state index in [0.717, 1.165) is 5.69 Å². The van der Waals surface area contributed by atoms with Crippen LogP contribution >= 0.6 is 0 Å². The summed E-state index contributed by atoms with van der Waals surface area (Å²) in [5.74, 6) is -0.412. The van der Waals surface area contributed by atoms with E-state index in [1.54, 1.807) is 6.07 Å². The summed E-state index contributed by atoms with van der Waals surface area (Å²) in [4.78, 5) is 14.3. The summed E-state index contributed by atoms with van der Waals surface area (Å²) < 4.78 is 12.4. The number of nitrogens with one attached hydrogen (secondary N) is 1. The van der Waals surface area contributed by atoms with E-state index in [1.807, 2.05) is 0 Å². The molecule has 1 heterocycles. The van der Waals surface area contributed by atoms with Crippen molar-refractivity contribution in [1.82, 2.24) is 10.3 Å². The van der Waals surface area contributed by atoms with Crippen molar-refractivity contribution in [2.75, 3.05) is 6.54 Å². The summed E-state index contributed by atoms with van der Waals surface area (Å²) in [5.41, 5.74) is 0.773. The summed E-state index contributed by atoms with van der Waals surface area (Å²) in [6.45, 7) is 1.99. The lowest BCUT2D eigenvalue weighted by molar-refractivity contribution is -0.118. The fourth-order valence-corrected chi connectivity index (χ4v) is 0.921. The Morgan fingerprint density at radius 3 is 2.92 bits per heavy atom. The average molecular weight is 182 g/mol. The van der Waals surface area contributed by atoms with Crippen LogP contribution in [-0.2, 0) is 11.2 Å². The lowest BCUT2D eigenvalue weighted by Crippen LogP contribution is -2.22. The summed E-state index contributed by atoms with van der Waals surface area (Å²) >= 11 is 0. The molecule has 0 saturated carbocycles. The standard InChI is InChI=1S/C9H11FN2O/c1-7(13)11-5-4-9-3-2-8(10)6-12-9/h2-3,6H,4-5H2,1H3,(H,11,13). The van der Waals surface area contributed by atoms with Crippen molar-refractivity contribution in [3.63, 3.8) is 0 Å². The number of halogens is 1. The molecule has 1 amide bonds. The Hall–Kier alpha value is -1.45. The minimum atomic E-state index is -0.344. The van der Waals surface area contributed by atoms with Crippen LogP contribution in [0, 0.1) is 5.82 Å².